The van der Waals surface area contributed by atoms with Gasteiger partial charge in [-0.3, -0.25) is 4.79 Å². The fourth-order valence-corrected chi connectivity index (χ4v) is 3.78. The first-order valence-corrected chi connectivity index (χ1v) is 9.52. The third-order valence-electron chi connectivity index (χ3n) is 5.39. The quantitative estimate of drug-likeness (QED) is 0.811. The second-order valence-electron chi connectivity index (χ2n) is 7.37. The lowest BCUT2D eigenvalue weighted by molar-refractivity contribution is -0.135. The topological polar surface area (TPSA) is 51.0 Å². The van der Waals surface area contributed by atoms with E-state index in [2.05, 4.69) is 31.8 Å². The van der Waals surface area contributed by atoms with E-state index in [0.717, 1.165) is 50.5 Å². The Labute approximate surface area is 149 Å². The Morgan fingerprint density at radius 1 is 1.12 bits per heavy atom. The average molecular weight is 338 g/mol. The van der Waals surface area contributed by atoms with Crippen LogP contribution in [-0.2, 0) is 17.8 Å². The van der Waals surface area contributed by atoms with Crippen LogP contribution >= 0.6 is 0 Å². The van der Waals surface area contributed by atoms with Crippen molar-refractivity contribution in [3.63, 3.8) is 0 Å². The summed E-state index contributed by atoms with van der Waals surface area (Å²) in [4.78, 5) is 14.9. The molecule has 4 rings (SSSR count). The number of hydrogen-bond donors (Lipinski definition) is 0. The molecule has 1 aliphatic heterocycles. The van der Waals surface area contributed by atoms with Gasteiger partial charge in [-0.2, -0.15) is 0 Å². The van der Waals surface area contributed by atoms with Crippen molar-refractivity contribution in [2.75, 3.05) is 6.54 Å². The number of benzene rings is 1. The number of nitrogens with zero attached hydrogens (tertiary/aromatic N) is 4. The molecule has 1 aliphatic carbocycles. The third-order valence-corrected chi connectivity index (χ3v) is 5.39. The molecule has 1 amide bonds. The monoisotopic (exact) mass is 338 g/mol. The van der Waals surface area contributed by atoms with Crippen LogP contribution in [0.4, 0.5) is 0 Å². The molecule has 2 fully saturated rings. The molecule has 5 heteroatoms. The van der Waals surface area contributed by atoms with Gasteiger partial charge in [-0.05, 0) is 50.0 Å². The van der Waals surface area contributed by atoms with Gasteiger partial charge in [0, 0.05) is 19.5 Å². The van der Waals surface area contributed by atoms with E-state index in [1.165, 1.54) is 18.4 Å². The Bertz CT molecular complexity index is 707. The van der Waals surface area contributed by atoms with Gasteiger partial charge in [0.2, 0.25) is 5.91 Å². The minimum absolute atomic E-state index is 0.0956. The largest absolute Gasteiger partial charge is 0.332 e. The van der Waals surface area contributed by atoms with Crippen molar-refractivity contribution < 1.29 is 4.79 Å². The average Bonchev–Trinajstić information content (AvgIpc) is 3.36. The predicted molar refractivity (Wildman–Crippen MR) is 95.8 cm³/mol. The van der Waals surface area contributed by atoms with E-state index in [1.54, 1.807) is 0 Å². The van der Waals surface area contributed by atoms with Gasteiger partial charge < -0.3 is 9.47 Å². The summed E-state index contributed by atoms with van der Waals surface area (Å²) < 4.78 is 2.19. The minimum atomic E-state index is 0.0956. The SMILES string of the molecule is O=C(CCc1ccccc1)N1CCCC[C@H]1c1nncn1CC1CC1. The highest BCUT2D eigenvalue weighted by molar-refractivity contribution is 5.77. The van der Waals surface area contributed by atoms with Gasteiger partial charge in [0.1, 0.15) is 6.33 Å². The van der Waals surface area contributed by atoms with Crippen LogP contribution in [-0.4, -0.2) is 32.1 Å². The van der Waals surface area contributed by atoms with Gasteiger partial charge in [-0.1, -0.05) is 30.3 Å². The van der Waals surface area contributed by atoms with Gasteiger partial charge >= 0.3 is 0 Å². The number of carbonyl (C=O) groups is 1. The number of aromatic nitrogens is 3. The summed E-state index contributed by atoms with van der Waals surface area (Å²) in [6.45, 7) is 1.85. The van der Waals surface area contributed by atoms with Crippen LogP contribution in [0.5, 0.6) is 0 Å². The molecule has 25 heavy (non-hydrogen) atoms. The van der Waals surface area contributed by atoms with Gasteiger partial charge in [0.05, 0.1) is 6.04 Å². The molecule has 2 heterocycles. The van der Waals surface area contributed by atoms with Crippen molar-refractivity contribution in [3.8, 4) is 0 Å². The number of carbonyl (C=O) groups excluding carboxylic acids is 1. The summed E-state index contributed by atoms with van der Waals surface area (Å²) in [6.07, 6.45) is 9.07. The van der Waals surface area contributed by atoms with Crippen LogP contribution in [0, 0.1) is 5.92 Å². The number of amides is 1. The molecule has 1 aromatic carbocycles. The Morgan fingerprint density at radius 3 is 2.76 bits per heavy atom. The van der Waals surface area contributed by atoms with Crippen molar-refractivity contribution in [2.24, 2.45) is 5.92 Å². The lowest BCUT2D eigenvalue weighted by Gasteiger charge is -2.35. The van der Waals surface area contributed by atoms with E-state index >= 15 is 0 Å². The van der Waals surface area contributed by atoms with E-state index in [0.29, 0.717) is 6.42 Å². The van der Waals surface area contributed by atoms with E-state index in [9.17, 15) is 4.79 Å². The normalized spacial score (nSPS) is 20.6. The third kappa shape index (κ3) is 3.91. The molecule has 2 aromatic rings. The first-order chi connectivity index (χ1) is 12.3. The molecule has 5 nitrogen and oxygen atoms in total. The molecular weight excluding hydrogens is 312 g/mol. The van der Waals surface area contributed by atoms with Gasteiger partial charge in [0.15, 0.2) is 5.82 Å². The fourth-order valence-electron chi connectivity index (χ4n) is 3.78. The molecule has 1 saturated carbocycles. The fraction of sp³-hybridized carbons (Fsp3) is 0.550. The number of aryl methyl sites for hydroxylation is 1. The van der Waals surface area contributed by atoms with Crippen molar-refractivity contribution in [2.45, 2.75) is 57.5 Å². The summed E-state index contributed by atoms with van der Waals surface area (Å²) in [6, 6.07) is 10.4. The lowest BCUT2D eigenvalue weighted by Crippen LogP contribution is -2.39. The molecule has 0 bridgehead atoms. The van der Waals surface area contributed by atoms with Crippen molar-refractivity contribution in [1.82, 2.24) is 19.7 Å². The first kappa shape index (κ1) is 16.3. The molecular formula is C20H26N4O. The maximum Gasteiger partial charge on any atom is 0.223 e. The Kier molecular flexibility index (Phi) is 4.81. The molecule has 0 N–H and O–H groups in total. The number of hydrogen-bond acceptors (Lipinski definition) is 3. The summed E-state index contributed by atoms with van der Waals surface area (Å²) >= 11 is 0. The Morgan fingerprint density at radius 2 is 1.96 bits per heavy atom. The standard InChI is InChI=1S/C20H26N4O/c25-19(12-11-16-6-2-1-3-7-16)24-13-5-4-8-18(24)20-22-21-15-23(20)14-17-9-10-17/h1-3,6-7,15,17-18H,4-5,8-14H2/t18-/m0/s1. The van der Waals surface area contributed by atoms with Crippen molar-refractivity contribution in [1.29, 1.82) is 0 Å². The predicted octanol–water partition coefficient (Wildman–Crippen LogP) is 3.37. The lowest BCUT2D eigenvalue weighted by atomic mass is 10.00. The van der Waals surface area contributed by atoms with Gasteiger partial charge in [0.25, 0.3) is 0 Å². The zero-order valence-electron chi connectivity index (χ0n) is 14.7. The Hall–Kier alpha value is -2.17. The van der Waals surface area contributed by atoms with Crippen LogP contribution in [0.25, 0.3) is 0 Å². The summed E-state index contributed by atoms with van der Waals surface area (Å²) in [5.74, 6) is 2.01. The summed E-state index contributed by atoms with van der Waals surface area (Å²) in [7, 11) is 0. The molecule has 1 aromatic heterocycles. The smallest absolute Gasteiger partial charge is 0.223 e. The van der Waals surface area contributed by atoms with Crippen LogP contribution in [0.15, 0.2) is 36.7 Å². The molecule has 0 unspecified atom stereocenters. The van der Waals surface area contributed by atoms with Crippen molar-refractivity contribution in [3.05, 3.63) is 48.0 Å². The van der Waals surface area contributed by atoms with Crippen molar-refractivity contribution >= 4 is 5.91 Å². The summed E-state index contributed by atoms with van der Waals surface area (Å²) in [5, 5.41) is 8.53. The second kappa shape index (κ2) is 7.38. The van der Waals surface area contributed by atoms with Crippen LogP contribution in [0.2, 0.25) is 0 Å². The number of rotatable bonds is 6. The zero-order valence-corrected chi connectivity index (χ0v) is 14.7. The maximum atomic E-state index is 12.9. The van der Waals surface area contributed by atoms with E-state index in [-0.39, 0.29) is 11.9 Å². The van der Waals surface area contributed by atoms with Gasteiger partial charge in [-0.25, -0.2) is 0 Å². The van der Waals surface area contributed by atoms with Crippen LogP contribution in [0.1, 0.15) is 56.0 Å². The highest BCUT2D eigenvalue weighted by atomic mass is 16.2. The van der Waals surface area contributed by atoms with E-state index < -0.39 is 0 Å². The molecule has 0 radical (unpaired) electrons. The van der Waals surface area contributed by atoms with E-state index in [1.807, 2.05) is 24.5 Å². The summed E-state index contributed by atoms with van der Waals surface area (Å²) in [5.41, 5.74) is 1.22. The number of piperidine rings is 1. The van der Waals surface area contributed by atoms with Crippen LogP contribution in [0.3, 0.4) is 0 Å². The Balaban J connectivity index is 1.45. The molecule has 1 atom stereocenters. The molecule has 1 saturated heterocycles. The number of likely N-dealkylation sites (tertiary alicyclic amines) is 1. The minimum Gasteiger partial charge on any atom is -0.332 e. The van der Waals surface area contributed by atoms with Crippen LogP contribution < -0.4 is 0 Å². The highest BCUT2D eigenvalue weighted by Gasteiger charge is 2.32. The highest BCUT2D eigenvalue weighted by Crippen LogP contribution is 2.34. The zero-order chi connectivity index (χ0) is 17.1. The first-order valence-electron chi connectivity index (χ1n) is 9.52. The second-order valence-corrected chi connectivity index (χ2v) is 7.37. The molecule has 132 valence electrons. The molecule has 0 spiro atoms. The van der Waals surface area contributed by atoms with Gasteiger partial charge in [-0.15, -0.1) is 10.2 Å². The molecule has 2 aliphatic rings. The maximum absolute atomic E-state index is 12.9. The van der Waals surface area contributed by atoms with E-state index in [4.69, 9.17) is 0 Å².